The Kier molecular flexibility index (Phi) is 7.91. The Morgan fingerprint density at radius 2 is 2.00 bits per heavy atom. The standard InChI is InChI=1S/C21H29N5O4S/c1-14(2)12-26-20(25-7-9-30-10-8-25)23-24-21(26)31-13-18(27)22-17-11-16(19(28)29-4)6-5-15(17)3/h5-6,11,14H,7-10,12-13H2,1-4H3,(H,22,27). The molecular weight excluding hydrogens is 418 g/mol. The lowest BCUT2D eigenvalue weighted by atomic mass is 10.1. The van der Waals surface area contributed by atoms with Gasteiger partial charge in [0.1, 0.15) is 0 Å². The van der Waals surface area contributed by atoms with Gasteiger partial charge in [0.2, 0.25) is 11.9 Å². The van der Waals surface area contributed by atoms with Crippen LogP contribution in [0.15, 0.2) is 23.4 Å². The van der Waals surface area contributed by atoms with Crippen molar-refractivity contribution in [1.29, 1.82) is 0 Å². The summed E-state index contributed by atoms with van der Waals surface area (Å²) in [5.41, 5.74) is 1.85. The minimum Gasteiger partial charge on any atom is -0.465 e. The molecule has 1 amide bonds. The van der Waals surface area contributed by atoms with E-state index in [1.54, 1.807) is 18.2 Å². The number of ether oxygens (including phenoxy) is 2. The van der Waals surface area contributed by atoms with Crippen LogP contribution in [0.25, 0.3) is 0 Å². The number of carbonyl (C=O) groups is 2. The number of nitrogens with zero attached hydrogens (tertiary/aromatic N) is 4. The van der Waals surface area contributed by atoms with Gasteiger partial charge in [-0.2, -0.15) is 0 Å². The number of anilines is 2. The van der Waals surface area contributed by atoms with E-state index < -0.39 is 5.97 Å². The number of hydrogen-bond acceptors (Lipinski definition) is 8. The molecule has 2 aromatic rings. The highest BCUT2D eigenvalue weighted by molar-refractivity contribution is 7.99. The topological polar surface area (TPSA) is 98.6 Å². The quantitative estimate of drug-likeness (QED) is 0.487. The predicted molar refractivity (Wildman–Crippen MR) is 120 cm³/mol. The monoisotopic (exact) mass is 447 g/mol. The molecule has 31 heavy (non-hydrogen) atoms. The fourth-order valence-electron chi connectivity index (χ4n) is 3.23. The molecule has 0 unspecified atom stereocenters. The molecule has 2 heterocycles. The first kappa shape index (κ1) is 23.1. The minimum absolute atomic E-state index is 0.179. The molecule has 1 aliphatic heterocycles. The molecule has 1 fully saturated rings. The average Bonchev–Trinajstić information content (AvgIpc) is 3.15. The second kappa shape index (κ2) is 10.6. The van der Waals surface area contributed by atoms with E-state index >= 15 is 0 Å². The van der Waals surface area contributed by atoms with Crippen molar-refractivity contribution < 1.29 is 19.1 Å². The summed E-state index contributed by atoms with van der Waals surface area (Å²) >= 11 is 1.35. The van der Waals surface area contributed by atoms with E-state index in [0.717, 1.165) is 31.1 Å². The number of carbonyl (C=O) groups excluding carboxylic acids is 2. The lowest BCUT2D eigenvalue weighted by Crippen LogP contribution is -2.38. The van der Waals surface area contributed by atoms with Gasteiger partial charge >= 0.3 is 5.97 Å². The highest BCUT2D eigenvalue weighted by atomic mass is 32.2. The van der Waals surface area contributed by atoms with E-state index in [1.165, 1.54) is 18.9 Å². The van der Waals surface area contributed by atoms with Gasteiger partial charge in [0.25, 0.3) is 0 Å². The van der Waals surface area contributed by atoms with Gasteiger partial charge in [-0.05, 0) is 30.5 Å². The normalized spacial score (nSPS) is 14.0. The first-order valence-corrected chi connectivity index (χ1v) is 11.2. The molecule has 10 heteroatoms. The molecule has 1 N–H and O–H groups in total. The van der Waals surface area contributed by atoms with Crippen LogP contribution in [-0.2, 0) is 20.8 Å². The first-order valence-electron chi connectivity index (χ1n) is 10.3. The third kappa shape index (κ3) is 5.98. The van der Waals surface area contributed by atoms with Crippen molar-refractivity contribution in [2.75, 3.05) is 49.4 Å². The van der Waals surface area contributed by atoms with Crippen molar-refractivity contribution in [1.82, 2.24) is 14.8 Å². The zero-order valence-corrected chi connectivity index (χ0v) is 19.2. The average molecular weight is 448 g/mol. The van der Waals surface area contributed by atoms with Crippen LogP contribution in [-0.4, -0.2) is 65.8 Å². The number of nitrogens with one attached hydrogen (secondary N) is 1. The van der Waals surface area contributed by atoms with Crippen LogP contribution in [0.1, 0.15) is 29.8 Å². The molecule has 168 valence electrons. The zero-order chi connectivity index (χ0) is 22.4. The van der Waals surface area contributed by atoms with Gasteiger partial charge in [0.15, 0.2) is 5.16 Å². The van der Waals surface area contributed by atoms with Gasteiger partial charge in [0.05, 0.1) is 31.6 Å². The maximum Gasteiger partial charge on any atom is 0.337 e. The number of thioether (sulfide) groups is 1. The van der Waals surface area contributed by atoms with E-state index in [0.29, 0.717) is 35.5 Å². The second-order valence-corrected chi connectivity index (χ2v) is 8.69. The van der Waals surface area contributed by atoms with Crippen molar-refractivity contribution in [2.24, 2.45) is 5.92 Å². The van der Waals surface area contributed by atoms with Gasteiger partial charge in [-0.15, -0.1) is 10.2 Å². The first-order chi connectivity index (χ1) is 14.9. The molecule has 1 saturated heterocycles. The number of benzene rings is 1. The number of morpholine rings is 1. The van der Waals surface area contributed by atoms with Gasteiger partial charge in [0, 0.05) is 25.3 Å². The van der Waals surface area contributed by atoms with Gasteiger partial charge in [-0.3, -0.25) is 9.36 Å². The number of rotatable bonds is 8. The number of aromatic nitrogens is 3. The van der Waals surface area contributed by atoms with Crippen molar-refractivity contribution in [3.63, 3.8) is 0 Å². The van der Waals surface area contributed by atoms with E-state index in [2.05, 4.69) is 38.8 Å². The van der Waals surface area contributed by atoms with Crippen molar-refractivity contribution in [2.45, 2.75) is 32.5 Å². The Hall–Kier alpha value is -2.59. The minimum atomic E-state index is -0.442. The van der Waals surface area contributed by atoms with E-state index in [4.69, 9.17) is 9.47 Å². The summed E-state index contributed by atoms with van der Waals surface area (Å²) < 4.78 is 12.3. The van der Waals surface area contributed by atoms with Crippen LogP contribution < -0.4 is 10.2 Å². The molecule has 1 aliphatic rings. The predicted octanol–water partition coefficient (Wildman–Crippen LogP) is 2.60. The molecule has 0 saturated carbocycles. The molecule has 3 rings (SSSR count). The van der Waals surface area contributed by atoms with Gasteiger partial charge < -0.3 is 19.7 Å². The molecule has 0 radical (unpaired) electrons. The molecule has 9 nitrogen and oxygen atoms in total. The van der Waals surface area contributed by atoms with Crippen LogP contribution in [0.5, 0.6) is 0 Å². The summed E-state index contributed by atoms with van der Waals surface area (Å²) in [6.07, 6.45) is 0. The number of methoxy groups -OCH3 is 1. The Bertz CT molecular complexity index is 924. The molecule has 0 spiro atoms. The SMILES string of the molecule is COC(=O)c1ccc(C)c(NC(=O)CSc2nnc(N3CCOCC3)n2CC(C)C)c1. The van der Waals surface area contributed by atoms with Gasteiger partial charge in [-0.25, -0.2) is 4.79 Å². The van der Waals surface area contributed by atoms with Crippen LogP contribution in [0.2, 0.25) is 0 Å². The summed E-state index contributed by atoms with van der Waals surface area (Å²) in [4.78, 5) is 26.5. The number of esters is 1. The molecule has 0 bridgehead atoms. The highest BCUT2D eigenvalue weighted by Crippen LogP contribution is 2.25. The molecule has 1 aromatic heterocycles. The summed E-state index contributed by atoms with van der Waals surface area (Å²) in [6, 6.07) is 5.08. The highest BCUT2D eigenvalue weighted by Gasteiger charge is 2.22. The molecule has 1 aromatic carbocycles. The molecular formula is C21H29N5O4S. The molecule has 0 aliphatic carbocycles. The Morgan fingerprint density at radius 3 is 2.68 bits per heavy atom. The van der Waals surface area contributed by atoms with Crippen molar-refractivity contribution in [3.05, 3.63) is 29.3 Å². The van der Waals surface area contributed by atoms with Gasteiger partial charge in [-0.1, -0.05) is 31.7 Å². The van der Waals surface area contributed by atoms with Crippen LogP contribution in [0.3, 0.4) is 0 Å². The lowest BCUT2D eigenvalue weighted by molar-refractivity contribution is -0.113. The van der Waals surface area contributed by atoms with Crippen molar-refractivity contribution >= 4 is 35.3 Å². The Balaban J connectivity index is 1.68. The maximum absolute atomic E-state index is 12.6. The zero-order valence-electron chi connectivity index (χ0n) is 18.4. The smallest absolute Gasteiger partial charge is 0.337 e. The summed E-state index contributed by atoms with van der Waals surface area (Å²) in [5, 5.41) is 12.3. The summed E-state index contributed by atoms with van der Waals surface area (Å²) in [5.74, 6) is 0.792. The largest absolute Gasteiger partial charge is 0.465 e. The van der Waals surface area contributed by atoms with E-state index in [1.807, 2.05) is 6.92 Å². The lowest BCUT2D eigenvalue weighted by Gasteiger charge is -2.28. The Labute approximate surface area is 186 Å². The number of aryl methyl sites for hydroxylation is 1. The van der Waals surface area contributed by atoms with Crippen LogP contribution in [0.4, 0.5) is 11.6 Å². The third-order valence-corrected chi connectivity index (χ3v) is 5.77. The fourth-order valence-corrected chi connectivity index (χ4v) is 3.97. The van der Waals surface area contributed by atoms with Crippen LogP contribution >= 0.6 is 11.8 Å². The van der Waals surface area contributed by atoms with Crippen LogP contribution in [0, 0.1) is 12.8 Å². The summed E-state index contributed by atoms with van der Waals surface area (Å²) in [6.45, 7) is 9.81. The fraction of sp³-hybridized carbons (Fsp3) is 0.524. The second-order valence-electron chi connectivity index (χ2n) is 7.74. The maximum atomic E-state index is 12.6. The van der Waals surface area contributed by atoms with E-state index in [9.17, 15) is 9.59 Å². The third-order valence-electron chi connectivity index (χ3n) is 4.80. The Morgan fingerprint density at radius 1 is 1.26 bits per heavy atom. The van der Waals surface area contributed by atoms with E-state index in [-0.39, 0.29) is 11.7 Å². The number of amides is 1. The number of hydrogen-bond donors (Lipinski definition) is 1. The summed E-state index contributed by atoms with van der Waals surface area (Å²) in [7, 11) is 1.33. The van der Waals surface area contributed by atoms with Crippen molar-refractivity contribution in [3.8, 4) is 0 Å². The molecule has 0 atom stereocenters.